The van der Waals surface area contributed by atoms with Gasteiger partial charge in [-0.3, -0.25) is 9.10 Å². The molecule has 0 aromatic heterocycles. The van der Waals surface area contributed by atoms with E-state index in [2.05, 4.69) is 5.32 Å². The highest BCUT2D eigenvalue weighted by Crippen LogP contribution is 2.36. The van der Waals surface area contributed by atoms with Gasteiger partial charge < -0.3 is 14.8 Å². The zero-order valence-electron chi connectivity index (χ0n) is 16.2. The first-order valence-corrected chi connectivity index (χ1v) is 10.7. The van der Waals surface area contributed by atoms with Gasteiger partial charge >= 0.3 is 0 Å². The van der Waals surface area contributed by atoms with E-state index >= 15 is 0 Å². The Kier molecular flexibility index (Phi) is 7.15. The van der Waals surface area contributed by atoms with Gasteiger partial charge in [0.25, 0.3) is 5.91 Å². The van der Waals surface area contributed by atoms with Gasteiger partial charge in [0.1, 0.15) is 0 Å². The standard InChI is InChI=1S/C19H23ClN2O5S/c1-5-22(28(4,24)25)16-11-18(27-3)17(26-2)10-14(16)19(23)21-12-13-8-6-7-9-15(13)20/h6-11H,5,12H2,1-4H3,(H,21,23). The number of halogens is 1. The summed E-state index contributed by atoms with van der Waals surface area (Å²) in [7, 11) is -0.725. The maximum Gasteiger partial charge on any atom is 0.253 e. The van der Waals surface area contributed by atoms with Crippen molar-refractivity contribution in [2.75, 3.05) is 31.3 Å². The van der Waals surface area contributed by atoms with Crippen LogP contribution in [0.15, 0.2) is 36.4 Å². The Hall–Kier alpha value is -2.45. The van der Waals surface area contributed by atoms with Crippen LogP contribution < -0.4 is 19.1 Å². The minimum Gasteiger partial charge on any atom is -0.493 e. The fourth-order valence-electron chi connectivity index (χ4n) is 2.75. The van der Waals surface area contributed by atoms with Gasteiger partial charge in [0.05, 0.1) is 31.7 Å². The summed E-state index contributed by atoms with van der Waals surface area (Å²) in [6, 6.07) is 10.1. The third-order valence-corrected chi connectivity index (χ3v) is 5.72. The monoisotopic (exact) mass is 426 g/mol. The molecule has 2 aromatic rings. The molecule has 28 heavy (non-hydrogen) atoms. The molecule has 0 unspecified atom stereocenters. The lowest BCUT2D eigenvalue weighted by atomic mass is 10.1. The summed E-state index contributed by atoms with van der Waals surface area (Å²) in [5.41, 5.74) is 1.10. The topological polar surface area (TPSA) is 84.9 Å². The molecule has 0 aliphatic rings. The van der Waals surface area contributed by atoms with Crippen LogP contribution in [0.1, 0.15) is 22.8 Å². The molecule has 2 rings (SSSR count). The molecule has 7 nitrogen and oxygen atoms in total. The number of carbonyl (C=O) groups is 1. The second kappa shape index (κ2) is 9.16. The molecule has 0 radical (unpaired) electrons. The van der Waals surface area contributed by atoms with Crippen LogP contribution in [0.3, 0.4) is 0 Å². The Balaban J connectivity index is 2.47. The van der Waals surface area contributed by atoms with E-state index in [1.165, 1.54) is 26.4 Å². The minimum absolute atomic E-state index is 0.150. The fourth-order valence-corrected chi connectivity index (χ4v) is 3.93. The molecular weight excluding hydrogens is 404 g/mol. The van der Waals surface area contributed by atoms with Gasteiger partial charge in [-0.15, -0.1) is 0 Å². The van der Waals surface area contributed by atoms with E-state index in [4.69, 9.17) is 21.1 Å². The maximum atomic E-state index is 12.9. The summed E-state index contributed by atoms with van der Waals surface area (Å²) >= 11 is 6.13. The molecule has 0 aliphatic carbocycles. The van der Waals surface area contributed by atoms with E-state index in [1.54, 1.807) is 25.1 Å². The SMILES string of the molecule is CCN(c1cc(OC)c(OC)cc1C(=O)NCc1ccccc1Cl)S(C)(=O)=O. The minimum atomic E-state index is -3.61. The van der Waals surface area contributed by atoms with Crippen LogP contribution >= 0.6 is 11.6 Å². The Morgan fingerprint density at radius 3 is 2.29 bits per heavy atom. The average Bonchev–Trinajstić information content (AvgIpc) is 2.66. The molecule has 0 spiro atoms. The van der Waals surface area contributed by atoms with Crippen LogP contribution in [0.2, 0.25) is 5.02 Å². The molecule has 152 valence electrons. The van der Waals surface area contributed by atoms with E-state index in [0.717, 1.165) is 16.1 Å². The van der Waals surface area contributed by atoms with Crippen LogP contribution in [-0.2, 0) is 16.6 Å². The number of sulfonamides is 1. The second-order valence-electron chi connectivity index (χ2n) is 5.93. The summed E-state index contributed by atoms with van der Waals surface area (Å²) in [5, 5.41) is 3.30. The fraction of sp³-hybridized carbons (Fsp3) is 0.316. The molecule has 1 amide bonds. The van der Waals surface area contributed by atoms with E-state index in [1.807, 2.05) is 6.07 Å². The molecular formula is C19H23ClN2O5S. The van der Waals surface area contributed by atoms with Crippen LogP contribution in [0.25, 0.3) is 0 Å². The number of ether oxygens (including phenoxy) is 2. The molecule has 0 heterocycles. The van der Waals surface area contributed by atoms with Crippen molar-refractivity contribution in [3.8, 4) is 11.5 Å². The van der Waals surface area contributed by atoms with Crippen molar-refractivity contribution in [1.29, 1.82) is 0 Å². The highest BCUT2D eigenvalue weighted by molar-refractivity contribution is 7.92. The zero-order chi connectivity index (χ0) is 20.9. The first-order valence-electron chi connectivity index (χ1n) is 8.48. The van der Waals surface area contributed by atoms with Crippen LogP contribution in [0, 0.1) is 0 Å². The number of nitrogens with zero attached hydrogens (tertiary/aromatic N) is 1. The molecule has 9 heteroatoms. The van der Waals surface area contributed by atoms with Gasteiger partial charge in [0.2, 0.25) is 10.0 Å². The van der Waals surface area contributed by atoms with Crippen molar-refractivity contribution < 1.29 is 22.7 Å². The summed E-state index contributed by atoms with van der Waals surface area (Å²) in [6.45, 7) is 2.03. The Bertz CT molecular complexity index is 963. The molecule has 0 saturated carbocycles. The summed E-state index contributed by atoms with van der Waals surface area (Å²) in [6.07, 6.45) is 1.08. The summed E-state index contributed by atoms with van der Waals surface area (Å²) < 4.78 is 36.1. The van der Waals surface area contributed by atoms with Gasteiger partial charge in [-0.05, 0) is 24.6 Å². The van der Waals surface area contributed by atoms with Crippen molar-refractivity contribution in [1.82, 2.24) is 5.32 Å². The quantitative estimate of drug-likeness (QED) is 0.701. The van der Waals surface area contributed by atoms with E-state index in [-0.39, 0.29) is 24.3 Å². The van der Waals surface area contributed by atoms with Crippen molar-refractivity contribution >= 4 is 33.2 Å². The van der Waals surface area contributed by atoms with Crippen molar-refractivity contribution in [2.45, 2.75) is 13.5 Å². The van der Waals surface area contributed by atoms with Crippen LogP contribution in [0.5, 0.6) is 11.5 Å². The number of methoxy groups -OCH3 is 2. The number of nitrogens with one attached hydrogen (secondary N) is 1. The first kappa shape index (κ1) is 21.8. The first-order chi connectivity index (χ1) is 13.2. The predicted molar refractivity (Wildman–Crippen MR) is 110 cm³/mol. The highest BCUT2D eigenvalue weighted by Gasteiger charge is 2.25. The lowest BCUT2D eigenvalue weighted by molar-refractivity contribution is 0.0951. The highest BCUT2D eigenvalue weighted by atomic mass is 35.5. The molecule has 0 bridgehead atoms. The van der Waals surface area contributed by atoms with E-state index < -0.39 is 15.9 Å². The number of rotatable bonds is 8. The number of hydrogen-bond donors (Lipinski definition) is 1. The van der Waals surface area contributed by atoms with Gasteiger partial charge in [-0.2, -0.15) is 0 Å². The summed E-state index contributed by atoms with van der Waals surface area (Å²) in [4.78, 5) is 12.9. The Labute approximate surface area is 170 Å². The normalized spacial score (nSPS) is 11.0. The molecule has 2 aromatic carbocycles. The van der Waals surface area contributed by atoms with Gasteiger partial charge in [0.15, 0.2) is 11.5 Å². The zero-order valence-corrected chi connectivity index (χ0v) is 17.7. The van der Waals surface area contributed by atoms with Crippen molar-refractivity contribution in [3.05, 3.63) is 52.5 Å². The number of benzene rings is 2. The third-order valence-electron chi connectivity index (χ3n) is 4.10. The van der Waals surface area contributed by atoms with Crippen molar-refractivity contribution in [2.24, 2.45) is 0 Å². The average molecular weight is 427 g/mol. The number of anilines is 1. The molecule has 0 saturated heterocycles. The third kappa shape index (κ3) is 4.88. The Morgan fingerprint density at radius 2 is 1.75 bits per heavy atom. The smallest absolute Gasteiger partial charge is 0.253 e. The lowest BCUT2D eigenvalue weighted by Crippen LogP contribution is -2.33. The van der Waals surface area contributed by atoms with Gasteiger partial charge in [-0.25, -0.2) is 8.42 Å². The number of carbonyl (C=O) groups excluding carboxylic acids is 1. The van der Waals surface area contributed by atoms with Crippen LogP contribution in [-0.4, -0.2) is 41.3 Å². The molecule has 0 aliphatic heterocycles. The van der Waals surface area contributed by atoms with E-state index in [9.17, 15) is 13.2 Å². The van der Waals surface area contributed by atoms with E-state index in [0.29, 0.717) is 16.5 Å². The molecule has 1 N–H and O–H groups in total. The molecule has 0 atom stereocenters. The van der Waals surface area contributed by atoms with Crippen LogP contribution in [0.4, 0.5) is 5.69 Å². The van der Waals surface area contributed by atoms with Gasteiger partial charge in [0, 0.05) is 24.2 Å². The van der Waals surface area contributed by atoms with Gasteiger partial charge in [-0.1, -0.05) is 29.8 Å². The number of amides is 1. The lowest BCUT2D eigenvalue weighted by Gasteiger charge is -2.24. The molecule has 0 fully saturated rings. The number of hydrogen-bond acceptors (Lipinski definition) is 5. The second-order valence-corrected chi connectivity index (χ2v) is 8.24. The maximum absolute atomic E-state index is 12.9. The summed E-state index contributed by atoms with van der Waals surface area (Å²) in [5.74, 6) is 0.180. The van der Waals surface area contributed by atoms with Crippen molar-refractivity contribution in [3.63, 3.8) is 0 Å². The predicted octanol–water partition coefficient (Wildman–Crippen LogP) is 3.07. The largest absolute Gasteiger partial charge is 0.493 e. The Morgan fingerprint density at radius 1 is 1.14 bits per heavy atom.